The largest absolute Gasteiger partial charge is 0.497 e. The fraction of sp³-hybridized carbons (Fsp3) is 0.562. The summed E-state index contributed by atoms with van der Waals surface area (Å²) in [6.07, 6.45) is 1.82. The van der Waals surface area contributed by atoms with E-state index in [0.717, 1.165) is 25.1 Å². The number of nitrogens with two attached hydrogens (primary N) is 1. The molecule has 0 amide bonds. The van der Waals surface area contributed by atoms with Crippen molar-refractivity contribution in [3.63, 3.8) is 0 Å². The van der Waals surface area contributed by atoms with Crippen LogP contribution in [0.15, 0.2) is 29.4 Å². The molecule has 0 heterocycles. The molecule has 1 aromatic carbocycles. The molecule has 0 aliphatic rings. The van der Waals surface area contributed by atoms with Crippen LogP contribution >= 0.6 is 0 Å². The lowest BCUT2D eigenvalue weighted by Gasteiger charge is -2.23. The number of methoxy groups -OCH3 is 1. The van der Waals surface area contributed by atoms with Crippen molar-refractivity contribution in [3.05, 3.63) is 29.8 Å². The van der Waals surface area contributed by atoms with Crippen molar-refractivity contribution in [2.45, 2.75) is 39.7 Å². The number of benzene rings is 1. The maximum atomic E-state index is 8.75. The van der Waals surface area contributed by atoms with Crippen molar-refractivity contribution >= 4 is 5.84 Å². The minimum atomic E-state index is -0.282. The topological polar surface area (TPSA) is 79.9 Å². The molecule has 1 aromatic rings. The molecule has 5 heteroatoms. The molecule has 0 aliphatic heterocycles. The van der Waals surface area contributed by atoms with E-state index in [9.17, 15) is 0 Å². The summed E-state index contributed by atoms with van der Waals surface area (Å²) in [4.78, 5) is 0. The van der Waals surface area contributed by atoms with Gasteiger partial charge in [-0.25, -0.2) is 0 Å². The molecule has 0 fully saturated rings. The first-order chi connectivity index (χ1) is 9.90. The fourth-order valence-electron chi connectivity index (χ4n) is 2.14. The third kappa shape index (κ3) is 5.27. The van der Waals surface area contributed by atoms with E-state index in [0.29, 0.717) is 0 Å². The number of nitrogens with zero attached hydrogens (tertiary/aromatic N) is 1. The van der Waals surface area contributed by atoms with Gasteiger partial charge in [0.1, 0.15) is 11.6 Å². The Labute approximate surface area is 127 Å². The van der Waals surface area contributed by atoms with Crippen LogP contribution in [-0.2, 0) is 0 Å². The highest BCUT2D eigenvalue weighted by Gasteiger charge is 2.22. The second kappa shape index (κ2) is 7.88. The van der Waals surface area contributed by atoms with Gasteiger partial charge >= 0.3 is 0 Å². The summed E-state index contributed by atoms with van der Waals surface area (Å²) in [6, 6.07) is 8.31. The monoisotopic (exact) mass is 293 g/mol. The van der Waals surface area contributed by atoms with Crippen LogP contribution in [0.25, 0.3) is 0 Å². The first kappa shape index (κ1) is 17.3. The summed E-state index contributed by atoms with van der Waals surface area (Å²) in [6.45, 7) is 6.96. The van der Waals surface area contributed by atoms with Gasteiger partial charge in [0.2, 0.25) is 0 Å². The maximum absolute atomic E-state index is 8.75. The zero-order valence-electron chi connectivity index (χ0n) is 13.4. The summed E-state index contributed by atoms with van der Waals surface area (Å²) >= 11 is 0. The molecule has 0 aromatic heterocycles. The van der Waals surface area contributed by atoms with Gasteiger partial charge in [0, 0.05) is 11.5 Å². The van der Waals surface area contributed by atoms with E-state index in [1.165, 1.54) is 5.56 Å². The molecule has 5 nitrogen and oxygen atoms in total. The van der Waals surface area contributed by atoms with Crippen molar-refractivity contribution in [1.29, 1.82) is 0 Å². The van der Waals surface area contributed by atoms with E-state index < -0.39 is 0 Å². The van der Waals surface area contributed by atoms with Crippen molar-refractivity contribution in [1.82, 2.24) is 5.32 Å². The Hall–Kier alpha value is -1.75. The molecule has 0 bridgehead atoms. The van der Waals surface area contributed by atoms with Gasteiger partial charge in [-0.1, -0.05) is 31.1 Å². The Morgan fingerprint density at radius 3 is 2.81 bits per heavy atom. The van der Waals surface area contributed by atoms with Gasteiger partial charge in [0.15, 0.2) is 0 Å². The SMILES string of the molecule is COc1cccc([C@H](C)NCCCC(C)(C)/C(N)=N/O)c1. The lowest BCUT2D eigenvalue weighted by molar-refractivity contribution is 0.304. The molecule has 4 N–H and O–H groups in total. The predicted octanol–water partition coefficient (Wildman–Crippen LogP) is 2.90. The van der Waals surface area contributed by atoms with Crippen LogP contribution in [0.3, 0.4) is 0 Å². The van der Waals surface area contributed by atoms with E-state index in [1.807, 2.05) is 32.0 Å². The van der Waals surface area contributed by atoms with Gasteiger partial charge < -0.3 is 21.0 Å². The first-order valence-electron chi connectivity index (χ1n) is 7.26. The Bertz CT molecular complexity index is 472. The predicted molar refractivity (Wildman–Crippen MR) is 85.8 cm³/mol. The lowest BCUT2D eigenvalue weighted by Crippen LogP contribution is -2.32. The van der Waals surface area contributed by atoms with Gasteiger partial charge in [-0.2, -0.15) is 0 Å². The smallest absolute Gasteiger partial charge is 0.144 e. The zero-order chi connectivity index (χ0) is 15.9. The van der Waals surface area contributed by atoms with Crippen molar-refractivity contribution in [2.75, 3.05) is 13.7 Å². The summed E-state index contributed by atoms with van der Waals surface area (Å²) in [5, 5.41) is 15.3. The van der Waals surface area contributed by atoms with E-state index in [2.05, 4.69) is 23.5 Å². The molecule has 21 heavy (non-hydrogen) atoms. The van der Waals surface area contributed by atoms with Gasteiger partial charge in [-0.15, -0.1) is 0 Å². The Morgan fingerprint density at radius 1 is 1.48 bits per heavy atom. The van der Waals surface area contributed by atoms with Gasteiger partial charge in [0.05, 0.1) is 7.11 Å². The second-order valence-electron chi connectivity index (χ2n) is 5.93. The lowest BCUT2D eigenvalue weighted by atomic mass is 9.86. The van der Waals surface area contributed by atoms with Gasteiger partial charge in [-0.05, 0) is 44.0 Å². The highest BCUT2D eigenvalue weighted by Crippen LogP contribution is 2.23. The van der Waals surface area contributed by atoms with Crippen LogP contribution in [0.2, 0.25) is 0 Å². The number of amidine groups is 1. The number of nitrogens with one attached hydrogen (secondary N) is 1. The average molecular weight is 293 g/mol. The minimum Gasteiger partial charge on any atom is -0.497 e. The number of oxime groups is 1. The van der Waals surface area contributed by atoms with Gasteiger partial charge in [-0.3, -0.25) is 0 Å². The molecule has 0 spiro atoms. The Morgan fingerprint density at radius 2 is 2.19 bits per heavy atom. The molecule has 1 atom stereocenters. The highest BCUT2D eigenvalue weighted by atomic mass is 16.5. The molecular weight excluding hydrogens is 266 g/mol. The van der Waals surface area contributed by atoms with Crippen LogP contribution in [-0.4, -0.2) is 24.7 Å². The third-order valence-electron chi connectivity index (χ3n) is 3.82. The number of hydrogen-bond donors (Lipinski definition) is 3. The number of hydrogen-bond acceptors (Lipinski definition) is 4. The summed E-state index contributed by atoms with van der Waals surface area (Å²) in [5.41, 5.74) is 6.60. The van der Waals surface area contributed by atoms with Crippen molar-refractivity contribution in [2.24, 2.45) is 16.3 Å². The number of rotatable bonds is 8. The van der Waals surface area contributed by atoms with E-state index >= 15 is 0 Å². The first-order valence-corrected chi connectivity index (χ1v) is 7.26. The van der Waals surface area contributed by atoms with Crippen LogP contribution in [0.1, 0.15) is 45.2 Å². The van der Waals surface area contributed by atoms with Crippen LogP contribution in [0, 0.1) is 5.41 Å². The molecule has 1 rings (SSSR count). The minimum absolute atomic E-state index is 0.257. The van der Waals surface area contributed by atoms with E-state index in [-0.39, 0.29) is 17.3 Å². The highest BCUT2D eigenvalue weighted by molar-refractivity contribution is 5.85. The quantitative estimate of drug-likeness (QED) is 0.226. The normalized spacial score (nSPS) is 14.0. The Balaban J connectivity index is 2.42. The van der Waals surface area contributed by atoms with E-state index in [4.69, 9.17) is 15.7 Å². The molecule has 0 unspecified atom stereocenters. The summed E-state index contributed by atoms with van der Waals surface area (Å²) in [5.74, 6) is 1.15. The Kier molecular flexibility index (Phi) is 6.49. The van der Waals surface area contributed by atoms with Crippen LogP contribution in [0.4, 0.5) is 0 Å². The molecule has 0 radical (unpaired) electrons. The van der Waals surface area contributed by atoms with Gasteiger partial charge in [0.25, 0.3) is 0 Å². The average Bonchev–Trinajstić information content (AvgIpc) is 2.50. The molecule has 0 aliphatic carbocycles. The third-order valence-corrected chi connectivity index (χ3v) is 3.82. The standard InChI is InChI=1S/C16H27N3O2/c1-12(13-7-5-8-14(11-13)21-4)18-10-6-9-16(2,3)15(17)19-20/h5,7-8,11-12,18,20H,6,9-10H2,1-4H3,(H2,17,19)/t12-/m0/s1. The molecular formula is C16H27N3O2. The fourth-order valence-corrected chi connectivity index (χ4v) is 2.14. The van der Waals surface area contributed by atoms with Crippen LogP contribution in [0.5, 0.6) is 5.75 Å². The molecule has 0 saturated carbocycles. The summed E-state index contributed by atoms with van der Waals surface area (Å²) in [7, 11) is 1.67. The molecule has 118 valence electrons. The van der Waals surface area contributed by atoms with Crippen molar-refractivity contribution < 1.29 is 9.94 Å². The second-order valence-corrected chi connectivity index (χ2v) is 5.93. The zero-order valence-corrected chi connectivity index (χ0v) is 13.4. The summed E-state index contributed by atoms with van der Waals surface area (Å²) < 4.78 is 5.24. The molecule has 0 saturated heterocycles. The van der Waals surface area contributed by atoms with Crippen molar-refractivity contribution in [3.8, 4) is 5.75 Å². The van der Waals surface area contributed by atoms with E-state index in [1.54, 1.807) is 7.11 Å². The number of ether oxygens (including phenoxy) is 1. The maximum Gasteiger partial charge on any atom is 0.144 e. The van der Waals surface area contributed by atoms with Crippen LogP contribution < -0.4 is 15.8 Å².